The quantitative estimate of drug-likeness (QED) is 0.0176. The third-order valence-electron chi connectivity index (χ3n) is 11.8. The molecule has 77 heavy (non-hydrogen) atoms. The summed E-state index contributed by atoms with van der Waals surface area (Å²) in [5.41, 5.74) is 2.18. The Morgan fingerprint density at radius 1 is 0.377 bits per heavy atom. The highest BCUT2D eigenvalue weighted by Gasteiger charge is 2.23. The Labute approximate surface area is 452 Å². The molecule has 26 heteroatoms. The summed E-state index contributed by atoms with van der Waals surface area (Å²) in [5.74, 6) is -0.679. The molecule has 0 fully saturated rings. The second kappa shape index (κ2) is 49.9. The van der Waals surface area contributed by atoms with Crippen LogP contribution in [-0.4, -0.2) is 178 Å². The molecule has 0 saturated carbocycles. The Kier molecular flexibility index (Phi) is 46.2. The van der Waals surface area contributed by atoms with Gasteiger partial charge in [0.05, 0.1) is 51.7 Å². The van der Waals surface area contributed by atoms with E-state index in [-0.39, 0.29) is 135 Å². The van der Waals surface area contributed by atoms with E-state index in [1.165, 1.54) is 44.9 Å². The van der Waals surface area contributed by atoms with Gasteiger partial charge in [-0.15, -0.1) is 0 Å². The lowest BCUT2D eigenvalue weighted by atomic mass is 10.0. The molecule has 0 heterocycles. The van der Waals surface area contributed by atoms with Gasteiger partial charge in [-0.3, -0.25) is 44.2 Å². The van der Waals surface area contributed by atoms with Crippen molar-refractivity contribution < 1.29 is 87.0 Å². The number of nitrogens with one attached hydrogen (secondary N) is 7. The topological polar surface area (TPSA) is 396 Å². The molecule has 442 valence electrons. The number of hydrogen-bond donors (Lipinski definition) is 11. The number of rotatable bonds is 55. The Balaban J connectivity index is 3.85. The lowest BCUT2D eigenvalue weighted by Crippen LogP contribution is -2.43. The second-order valence-corrected chi connectivity index (χ2v) is 18.5. The number of carboxylic acid groups (broad SMARTS) is 3. The minimum Gasteiger partial charge on any atom is -0.481 e. The standard InChI is InChI=1S/C51H90N8O18/c52-59-42(51(72)73)17-15-16-26-53-44(63)25-22-41(50(70)71)58-46(65)24-21-40(36-61)57-48(67)38-77-34-32-75-30-28-55-47(66)37-76-33-31-74-29-27-54-43(62)23-20-39(35-60)56-45(64)18-13-11-9-7-5-3-1-2-4-6-8-10-12-14-19-49(68)69/h35-36,39-42,59H,1-34,37-38,52H2,(H,53,63)(H,54,62)(H,55,66)(H,56,64)(H,57,67)(H,58,65)(H,68,69)(H,70,71)(H,72,73)/t39-,40-,41-,42-/m0/s1. The summed E-state index contributed by atoms with van der Waals surface area (Å²) in [6.45, 7) is 0.763. The van der Waals surface area contributed by atoms with E-state index in [4.69, 9.17) is 35.0 Å². The third-order valence-corrected chi connectivity index (χ3v) is 11.8. The van der Waals surface area contributed by atoms with Crippen molar-refractivity contribution in [3.05, 3.63) is 0 Å². The van der Waals surface area contributed by atoms with Gasteiger partial charge in [0, 0.05) is 51.7 Å². The Bertz CT molecular complexity index is 1700. The zero-order valence-electron chi connectivity index (χ0n) is 45.0. The predicted octanol–water partition coefficient (Wildman–Crippen LogP) is 1.09. The number of aldehydes is 2. The van der Waals surface area contributed by atoms with Crippen LogP contribution in [0.25, 0.3) is 0 Å². The van der Waals surface area contributed by atoms with Gasteiger partial charge >= 0.3 is 17.9 Å². The molecule has 26 nitrogen and oxygen atoms in total. The van der Waals surface area contributed by atoms with Crippen molar-refractivity contribution in [1.82, 2.24) is 37.3 Å². The molecule has 12 N–H and O–H groups in total. The normalized spacial score (nSPS) is 12.5. The third kappa shape index (κ3) is 46.2. The van der Waals surface area contributed by atoms with Crippen LogP contribution in [0, 0.1) is 0 Å². The van der Waals surface area contributed by atoms with Crippen molar-refractivity contribution >= 4 is 65.9 Å². The van der Waals surface area contributed by atoms with Crippen molar-refractivity contribution in [1.29, 1.82) is 0 Å². The van der Waals surface area contributed by atoms with E-state index in [9.17, 15) is 57.8 Å². The van der Waals surface area contributed by atoms with Gasteiger partial charge in [-0.2, -0.15) is 0 Å². The first-order valence-corrected chi connectivity index (χ1v) is 27.1. The maximum atomic E-state index is 12.4. The number of ether oxygens (including phenoxy) is 4. The molecule has 0 aliphatic rings. The molecular weight excluding hydrogens is 1010 g/mol. The maximum Gasteiger partial charge on any atom is 0.326 e. The average molecular weight is 1100 g/mol. The molecule has 4 atom stereocenters. The van der Waals surface area contributed by atoms with Crippen molar-refractivity contribution in [2.24, 2.45) is 5.84 Å². The van der Waals surface area contributed by atoms with Gasteiger partial charge in [0.1, 0.15) is 37.9 Å². The first-order chi connectivity index (χ1) is 37.1. The number of aliphatic carboxylic acids is 3. The van der Waals surface area contributed by atoms with Crippen LogP contribution in [0.2, 0.25) is 0 Å². The van der Waals surface area contributed by atoms with E-state index in [1.54, 1.807) is 0 Å². The summed E-state index contributed by atoms with van der Waals surface area (Å²) in [6.07, 6.45) is 17.5. The molecule has 0 aliphatic carbocycles. The molecule has 0 saturated heterocycles. The summed E-state index contributed by atoms with van der Waals surface area (Å²) < 4.78 is 21.3. The van der Waals surface area contributed by atoms with Gasteiger partial charge in [-0.05, 0) is 51.4 Å². The van der Waals surface area contributed by atoms with Crippen LogP contribution in [0.4, 0.5) is 0 Å². The number of amides is 6. The summed E-state index contributed by atoms with van der Waals surface area (Å²) >= 11 is 0. The van der Waals surface area contributed by atoms with Gasteiger partial charge in [0.2, 0.25) is 35.4 Å². The van der Waals surface area contributed by atoms with E-state index >= 15 is 0 Å². The molecule has 0 unspecified atom stereocenters. The molecule has 0 spiro atoms. The zero-order valence-corrected chi connectivity index (χ0v) is 45.0. The number of hydrazine groups is 1. The molecular formula is C51H90N8O18. The first kappa shape index (κ1) is 71.3. The number of carbonyl (C=O) groups excluding carboxylic acids is 8. The molecule has 0 aromatic rings. The molecule has 0 aromatic carbocycles. The van der Waals surface area contributed by atoms with Crippen LogP contribution >= 0.6 is 0 Å². The van der Waals surface area contributed by atoms with E-state index in [0.717, 1.165) is 44.9 Å². The fraction of sp³-hybridized carbons (Fsp3) is 0.784. The highest BCUT2D eigenvalue weighted by molar-refractivity contribution is 5.85. The van der Waals surface area contributed by atoms with E-state index in [2.05, 4.69) is 37.3 Å². The van der Waals surface area contributed by atoms with Crippen LogP contribution < -0.4 is 43.2 Å². The molecule has 0 radical (unpaired) electrons. The minimum atomic E-state index is -1.38. The van der Waals surface area contributed by atoms with Gasteiger partial charge in [0.15, 0.2) is 0 Å². The number of carbonyl (C=O) groups is 11. The van der Waals surface area contributed by atoms with E-state index in [1.807, 2.05) is 0 Å². The average Bonchev–Trinajstić information content (AvgIpc) is 3.39. The van der Waals surface area contributed by atoms with Crippen LogP contribution in [-0.2, 0) is 71.7 Å². The number of unbranched alkanes of at least 4 members (excludes halogenated alkanes) is 14. The molecule has 0 rings (SSSR count). The van der Waals surface area contributed by atoms with Crippen molar-refractivity contribution in [2.75, 3.05) is 72.5 Å². The van der Waals surface area contributed by atoms with E-state index < -0.39 is 66.4 Å². The predicted molar refractivity (Wildman–Crippen MR) is 280 cm³/mol. The Morgan fingerprint density at radius 3 is 1.26 bits per heavy atom. The smallest absolute Gasteiger partial charge is 0.326 e. The molecule has 6 amide bonds. The van der Waals surface area contributed by atoms with E-state index in [0.29, 0.717) is 31.8 Å². The van der Waals surface area contributed by atoms with Crippen LogP contribution in [0.3, 0.4) is 0 Å². The van der Waals surface area contributed by atoms with Crippen LogP contribution in [0.5, 0.6) is 0 Å². The zero-order chi connectivity index (χ0) is 57.2. The SMILES string of the molecule is NN[C@@H](CCCCNC(=O)CC[C@H](NC(=O)CC[C@@H](C=O)NC(=O)COCCOCCNC(=O)COCCOCCNC(=O)CC[C@@H](C=O)NC(=O)CCCCCCCCCCCCCCCCC(=O)O)C(=O)O)C(=O)O. The molecule has 0 aromatic heterocycles. The maximum absolute atomic E-state index is 12.4. The number of nitrogens with two attached hydrogens (primary N) is 1. The largest absolute Gasteiger partial charge is 0.481 e. The fourth-order valence-electron chi connectivity index (χ4n) is 7.43. The Morgan fingerprint density at radius 2 is 0.779 bits per heavy atom. The monoisotopic (exact) mass is 1100 g/mol. The van der Waals surface area contributed by atoms with Gasteiger partial charge in [0.25, 0.3) is 0 Å². The van der Waals surface area contributed by atoms with Crippen LogP contribution in [0.1, 0.15) is 161 Å². The molecule has 0 aliphatic heterocycles. The van der Waals surface area contributed by atoms with Crippen LogP contribution in [0.15, 0.2) is 0 Å². The van der Waals surface area contributed by atoms with Gasteiger partial charge < -0.3 is 75.8 Å². The van der Waals surface area contributed by atoms with Crippen molar-refractivity contribution in [3.63, 3.8) is 0 Å². The van der Waals surface area contributed by atoms with Gasteiger partial charge in [-0.25, -0.2) is 10.2 Å². The summed E-state index contributed by atoms with van der Waals surface area (Å²) in [5, 5.41) is 42.4. The molecule has 0 bridgehead atoms. The van der Waals surface area contributed by atoms with Crippen molar-refractivity contribution in [2.45, 2.75) is 185 Å². The highest BCUT2D eigenvalue weighted by Crippen LogP contribution is 2.14. The fourth-order valence-corrected chi connectivity index (χ4v) is 7.43. The summed E-state index contributed by atoms with van der Waals surface area (Å²) in [4.78, 5) is 129. The lowest BCUT2D eigenvalue weighted by molar-refractivity contribution is -0.142. The first-order valence-electron chi connectivity index (χ1n) is 27.1. The lowest BCUT2D eigenvalue weighted by Gasteiger charge is -2.16. The number of carboxylic acids is 3. The minimum absolute atomic E-state index is 0.0180. The van der Waals surface area contributed by atoms with Crippen molar-refractivity contribution in [3.8, 4) is 0 Å². The second-order valence-electron chi connectivity index (χ2n) is 18.5. The summed E-state index contributed by atoms with van der Waals surface area (Å²) in [6, 6.07) is -4.08. The Hall–Kier alpha value is -5.67. The number of hydrogen-bond acceptors (Lipinski definition) is 17. The highest BCUT2D eigenvalue weighted by atomic mass is 16.5. The van der Waals surface area contributed by atoms with Gasteiger partial charge in [-0.1, -0.05) is 77.0 Å². The summed E-state index contributed by atoms with van der Waals surface area (Å²) in [7, 11) is 0.